The Bertz CT molecular complexity index is 184. The quantitative estimate of drug-likeness (QED) is 0.626. The lowest BCUT2D eigenvalue weighted by Crippen LogP contribution is -2.59. The van der Waals surface area contributed by atoms with Gasteiger partial charge >= 0.3 is 0 Å². The second kappa shape index (κ2) is 4.58. The number of hydrogen-bond donors (Lipinski definition) is 2. The van der Waals surface area contributed by atoms with Crippen molar-refractivity contribution in [1.29, 1.82) is 0 Å². The average Bonchev–Trinajstić information content (AvgIpc) is 2.16. The molecule has 1 heterocycles. The van der Waals surface area contributed by atoms with Crippen LogP contribution >= 0.6 is 0 Å². The maximum absolute atomic E-state index is 11.1. The molecule has 0 spiro atoms. The summed E-state index contributed by atoms with van der Waals surface area (Å²) in [6.45, 7) is 6.84. The molecule has 0 saturated carbocycles. The molecule has 2 atom stereocenters. The molecule has 0 aliphatic carbocycles. The molecule has 4 heteroatoms. The van der Waals surface area contributed by atoms with Gasteiger partial charge in [-0.15, -0.1) is 0 Å². The van der Waals surface area contributed by atoms with Crippen molar-refractivity contribution in [2.75, 3.05) is 19.6 Å². The van der Waals surface area contributed by atoms with Crippen molar-refractivity contribution in [1.82, 2.24) is 10.2 Å². The summed E-state index contributed by atoms with van der Waals surface area (Å²) in [5, 5.41) is 3.18. The van der Waals surface area contributed by atoms with Crippen molar-refractivity contribution in [3.63, 3.8) is 0 Å². The summed E-state index contributed by atoms with van der Waals surface area (Å²) in [5.74, 6) is -0.215. The Hall–Kier alpha value is -0.610. The van der Waals surface area contributed by atoms with Crippen molar-refractivity contribution < 1.29 is 4.79 Å². The number of nitrogens with one attached hydrogen (secondary N) is 1. The van der Waals surface area contributed by atoms with Crippen LogP contribution in [0.15, 0.2) is 0 Å². The van der Waals surface area contributed by atoms with Gasteiger partial charge in [0.05, 0.1) is 0 Å². The van der Waals surface area contributed by atoms with Crippen LogP contribution in [0.25, 0.3) is 0 Å². The third-order valence-corrected chi connectivity index (χ3v) is 2.77. The van der Waals surface area contributed by atoms with E-state index in [0.29, 0.717) is 12.6 Å². The zero-order valence-corrected chi connectivity index (χ0v) is 8.42. The van der Waals surface area contributed by atoms with E-state index < -0.39 is 0 Å². The van der Waals surface area contributed by atoms with Crippen LogP contribution in [0.5, 0.6) is 0 Å². The summed E-state index contributed by atoms with van der Waals surface area (Å²) in [4.78, 5) is 13.3. The predicted octanol–water partition coefficient (Wildman–Crippen LogP) is -0.456. The molecule has 1 saturated heterocycles. The Morgan fingerprint density at radius 2 is 2.46 bits per heavy atom. The summed E-state index contributed by atoms with van der Waals surface area (Å²) in [5.41, 5.74) is 5.33. The SMILES string of the molecule is CCC(C)N1CCNCC1C(N)=O. The van der Waals surface area contributed by atoms with Crippen molar-refractivity contribution in [2.45, 2.75) is 32.4 Å². The number of carbonyl (C=O) groups excluding carboxylic acids is 1. The van der Waals surface area contributed by atoms with Crippen LogP contribution in [0.2, 0.25) is 0 Å². The molecule has 0 aromatic heterocycles. The zero-order chi connectivity index (χ0) is 9.84. The highest BCUT2D eigenvalue weighted by Crippen LogP contribution is 2.10. The number of hydrogen-bond acceptors (Lipinski definition) is 3. The maximum atomic E-state index is 11.1. The molecule has 2 unspecified atom stereocenters. The predicted molar refractivity (Wildman–Crippen MR) is 52.3 cm³/mol. The lowest BCUT2D eigenvalue weighted by atomic mass is 10.1. The Balaban J connectivity index is 2.61. The maximum Gasteiger partial charge on any atom is 0.236 e. The first-order valence-electron chi connectivity index (χ1n) is 4.92. The molecule has 0 aromatic rings. The molecule has 4 nitrogen and oxygen atoms in total. The van der Waals surface area contributed by atoms with Gasteiger partial charge in [-0.3, -0.25) is 9.69 Å². The van der Waals surface area contributed by atoms with E-state index in [4.69, 9.17) is 5.73 Å². The topological polar surface area (TPSA) is 58.4 Å². The van der Waals surface area contributed by atoms with Crippen LogP contribution in [0.4, 0.5) is 0 Å². The highest BCUT2D eigenvalue weighted by molar-refractivity contribution is 5.80. The molecule has 1 aliphatic rings. The van der Waals surface area contributed by atoms with E-state index in [1.807, 2.05) is 0 Å². The summed E-state index contributed by atoms with van der Waals surface area (Å²) in [7, 11) is 0. The van der Waals surface area contributed by atoms with Gasteiger partial charge in [-0.25, -0.2) is 0 Å². The molecule has 1 rings (SSSR count). The number of nitrogens with zero attached hydrogens (tertiary/aromatic N) is 1. The monoisotopic (exact) mass is 185 g/mol. The van der Waals surface area contributed by atoms with Gasteiger partial charge in [0, 0.05) is 25.7 Å². The Labute approximate surface area is 79.5 Å². The third-order valence-electron chi connectivity index (χ3n) is 2.77. The van der Waals surface area contributed by atoms with Gasteiger partial charge in [-0.2, -0.15) is 0 Å². The van der Waals surface area contributed by atoms with Crippen molar-refractivity contribution in [2.24, 2.45) is 5.73 Å². The summed E-state index contributed by atoms with van der Waals surface area (Å²) < 4.78 is 0. The molecule has 0 aromatic carbocycles. The van der Waals surface area contributed by atoms with Crippen LogP contribution in [-0.2, 0) is 4.79 Å². The van der Waals surface area contributed by atoms with E-state index in [-0.39, 0.29) is 11.9 Å². The fourth-order valence-electron chi connectivity index (χ4n) is 1.75. The summed E-state index contributed by atoms with van der Waals surface area (Å²) >= 11 is 0. The highest BCUT2D eigenvalue weighted by Gasteiger charge is 2.29. The van der Waals surface area contributed by atoms with E-state index in [9.17, 15) is 4.79 Å². The van der Waals surface area contributed by atoms with Crippen LogP contribution in [-0.4, -0.2) is 42.5 Å². The van der Waals surface area contributed by atoms with Gasteiger partial charge in [0.2, 0.25) is 5.91 Å². The van der Waals surface area contributed by atoms with Crippen molar-refractivity contribution in [3.8, 4) is 0 Å². The molecule has 1 fully saturated rings. The number of nitrogens with two attached hydrogens (primary N) is 1. The number of piperazine rings is 1. The van der Waals surface area contributed by atoms with E-state index in [0.717, 1.165) is 19.5 Å². The zero-order valence-electron chi connectivity index (χ0n) is 8.42. The Morgan fingerprint density at radius 1 is 1.77 bits per heavy atom. The van der Waals surface area contributed by atoms with E-state index in [1.165, 1.54) is 0 Å². The molecular formula is C9H19N3O. The minimum Gasteiger partial charge on any atom is -0.368 e. The molecule has 3 N–H and O–H groups in total. The van der Waals surface area contributed by atoms with Gasteiger partial charge in [0.15, 0.2) is 0 Å². The number of carbonyl (C=O) groups is 1. The standard InChI is InChI=1S/C9H19N3O/c1-3-7(2)12-5-4-11-6-8(12)9(10)13/h7-8,11H,3-6H2,1-2H3,(H2,10,13). The fraction of sp³-hybridized carbons (Fsp3) is 0.889. The first-order chi connectivity index (χ1) is 6.16. The molecular weight excluding hydrogens is 166 g/mol. The first kappa shape index (κ1) is 10.5. The molecule has 1 aliphatic heterocycles. The minimum absolute atomic E-state index is 0.122. The molecule has 1 amide bonds. The van der Waals surface area contributed by atoms with Crippen LogP contribution < -0.4 is 11.1 Å². The first-order valence-corrected chi connectivity index (χ1v) is 4.92. The second-order valence-electron chi connectivity index (χ2n) is 3.62. The lowest BCUT2D eigenvalue weighted by molar-refractivity contribution is -0.124. The number of amides is 1. The van der Waals surface area contributed by atoms with Gasteiger partial charge in [0.1, 0.15) is 6.04 Å². The third kappa shape index (κ3) is 2.42. The van der Waals surface area contributed by atoms with Crippen LogP contribution in [0.3, 0.4) is 0 Å². The highest BCUT2D eigenvalue weighted by atomic mass is 16.1. The molecule has 76 valence electrons. The second-order valence-corrected chi connectivity index (χ2v) is 3.62. The van der Waals surface area contributed by atoms with Crippen LogP contribution in [0, 0.1) is 0 Å². The van der Waals surface area contributed by atoms with Gasteiger partial charge in [0.25, 0.3) is 0 Å². The lowest BCUT2D eigenvalue weighted by Gasteiger charge is -2.38. The van der Waals surface area contributed by atoms with Gasteiger partial charge < -0.3 is 11.1 Å². The average molecular weight is 185 g/mol. The van der Waals surface area contributed by atoms with Crippen molar-refractivity contribution in [3.05, 3.63) is 0 Å². The van der Waals surface area contributed by atoms with E-state index in [1.54, 1.807) is 0 Å². The normalized spacial score (nSPS) is 27.1. The van der Waals surface area contributed by atoms with Gasteiger partial charge in [-0.05, 0) is 13.3 Å². The van der Waals surface area contributed by atoms with Crippen LogP contribution in [0.1, 0.15) is 20.3 Å². The molecule has 13 heavy (non-hydrogen) atoms. The fourth-order valence-corrected chi connectivity index (χ4v) is 1.75. The summed E-state index contributed by atoms with van der Waals surface area (Å²) in [6, 6.07) is 0.322. The Kier molecular flexibility index (Phi) is 3.69. The molecule has 0 bridgehead atoms. The van der Waals surface area contributed by atoms with Gasteiger partial charge in [-0.1, -0.05) is 6.92 Å². The van der Waals surface area contributed by atoms with Crippen molar-refractivity contribution >= 4 is 5.91 Å². The number of primary amides is 1. The smallest absolute Gasteiger partial charge is 0.236 e. The van der Waals surface area contributed by atoms with E-state index in [2.05, 4.69) is 24.1 Å². The largest absolute Gasteiger partial charge is 0.368 e. The Morgan fingerprint density at radius 3 is 3.00 bits per heavy atom. The van der Waals surface area contributed by atoms with E-state index >= 15 is 0 Å². The number of rotatable bonds is 3. The summed E-state index contributed by atoms with van der Waals surface area (Å²) in [6.07, 6.45) is 1.06. The minimum atomic E-state index is -0.215. The molecule has 0 radical (unpaired) electrons.